The summed E-state index contributed by atoms with van der Waals surface area (Å²) in [5, 5.41) is 15.1. The zero-order chi connectivity index (χ0) is 22.7. The van der Waals surface area contributed by atoms with E-state index in [4.69, 9.17) is 14.2 Å². The molecule has 1 unspecified atom stereocenters. The minimum atomic E-state index is -0.936. The van der Waals surface area contributed by atoms with Crippen LogP contribution in [-0.4, -0.2) is 37.5 Å². The van der Waals surface area contributed by atoms with Crippen LogP contribution in [0.1, 0.15) is 51.0 Å². The van der Waals surface area contributed by atoms with Crippen molar-refractivity contribution in [1.82, 2.24) is 5.32 Å². The predicted octanol–water partition coefficient (Wildman–Crippen LogP) is 3.53. The van der Waals surface area contributed by atoms with Gasteiger partial charge in [-0.1, -0.05) is 6.92 Å². The molecule has 2 aliphatic rings. The number of ketones is 1. The fourth-order valence-corrected chi connectivity index (χ4v) is 4.11. The molecule has 1 aliphatic carbocycles. The van der Waals surface area contributed by atoms with Crippen LogP contribution in [-0.2, 0) is 14.3 Å². The Balaban J connectivity index is 2.29. The number of allylic oxidation sites excluding steroid dienone is 3. The van der Waals surface area contributed by atoms with Crippen molar-refractivity contribution in [2.24, 2.45) is 0 Å². The Kier molecular flexibility index (Phi) is 6.62. The third kappa shape index (κ3) is 4.12. The fourth-order valence-electron chi connectivity index (χ4n) is 4.11. The number of nitro groups is 1. The molecule has 1 atom stereocenters. The number of Topliss-reactive ketones (excluding diaryl/α,β-unsaturated/α-hetero) is 1. The van der Waals surface area contributed by atoms with E-state index in [0.717, 1.165) is 0 Å². The molecule has 0 saturated heterocycles. The van der Waals surface area contributed by atoms with Gasteiger partial charge in [-0.05, 0) is 32.3 Å². The maximum atomic E-state index is 13.0. The maximum absolute atomic E-state index is 13.0. The number of hydrogen-bond donors (Lipinski definition) is 1. The normalized spacial score (nSPS) is 18.3. The molecular weight excluding hydrogens is 404 g/mol. The molecule has 0 spiro atoms. The molecule has 31 heavy (non-hydrogen) atoms. The zero-order valence-electron chi connectivity index (χ0n) is 18.1. The minimum Gasteiger partial charge on any atom is -0.493 e. The molecular formula is C22H26N2O7. The van der Waals surface area contributed by atoms with E-state index in [0.29, 0.717) is 42.7 Å². The molecule has 1 aromatic carbocycles. The number of benzene rings is 1. The number of carbonyl (C=O) groups is 2. The molecule has 0 saturated carbocycles. The van der Waals surface area contributed by atoms with Crippen LogP contribution in [0.2, 0.25) is 0 Å². The Bertz CT molecular complexity index is 994. The van der Waals surface area contributed by atoms with Gasteiger partial charge < -0.3 is 19.5 Å². The first-order valence-electron chi connectivity index (χ1n) is 10.1. The van der Waals surface area contributed by atoms with Gasteiger partial charge in [0.05, 0.1) is 43.3 Å². The number of esters is 1. The second-order valence-electron chi connectivity index (χ2n) is 7.42. The Morgan fingerprint density at radius 1 is 1.23 bits per heavy atom. The lowest BCUT2D eigenvalue weighted by atomic mass is 9.74. The summed E-state index contributed by atoms with van der Waals surface area (Å²) < 4.78 is 16.0. The number of rotatable bonds is 7. The number of dihydropyridines is 1. The van der Waals surface area contributed by atoms with Crippen molar-refractivity contribution in [3.63, 3.8) is 0 Å². The molecule has 0 amide bonds. The van der Waals surface area contributed by atoms with Crippen LogP contribution >= 0.6 is 0 Å². The van der Waals surface area contributed by atoms with Gasteiger partial charge in [0, 0.05) is 29.0 Å². The SMILES string of the molecule is CCCOC(=O)C1=C(C)NC2=C(C(=O)CCC2)C1c1cc(OC)c(OC)cc1[N+](=O)[O-]. The Morgan fingerprint density at radius 2 is 1.90 bits per heavy atom. The molecule has 1 N–H and O–H groups in total. The van der Waals surface area contributed by atoms with Crippen molar-refractivity contribution >= 4 is 17.4 Å². The zero-order valence-corrected chi connectivity index (χ0v) is 18.1. The molecule has 3 rings (SSSR count). The lowest BCUT2D eigenvalue weighted by Crippen LogP contribution is -2.34. The number of nitrogens with one attached hydrogen (secondary N) is 1. The van der Waals surface area contributed by atoms with Crippen LogP contribution in [0.25, 0.3) is 0 Å². The number of nitro benzene ring substituents is 1. The van der Waals surface area contributed by atoms with Crippen LogP contribution in [0, 0.1) is 10.1 Å². The molecule has 0 fully saturated rings. The smallest absolute Gasteiger partial charge is 0.336 e. The average Bonchev–Trinajstić information content (AvgIpc) is 2.75. The molecule has 1 aromatic rings. The highest BCUT2D eigenvalue weighted by molar-refractivity contribution is 6.04. The predicted molar refractivity (Wildman–Crippen MR) is 112 cm³/mol. The van der Waals surface area contributed by atoms with Crippen molar-refractivity contribution in [2.75, 3.05) is 20.8 Å². The van der Waals surface area contributed by atoms with E-state index in [9.17, 15) is 19.7 Å². The molecule has 9 nitrogen and oxygen atoms in total. The van der Waals surface area contributed by atoms with Crippen molar-refractivity contribution < 1.29 is 28.7 Å². The first-order valence-corrected chi connectivity index (χ1v) is 10.1. The second-order valence-corrected chi connectivity index (χ2v) is 7.42. The van der Waals surface area contributed by atoms with E-state index in [1.54, 1.807) is 6.92 Å². The topological polar surface area (TPSA) is 117 Å². The molecule has 1 heterocycles. The lowest BCUT2D eigenvalue weighted by Gasteiger charge is -2.34. The maximum Gasteiger partial charge on any atom is 0.336 e. The van der Waals surface area contributed by atoms with Gasteiger partial charge in [-0.25, -0.2) is 4.79 Å². The summed E-state index contributed by atoms with van der Waals surface area (Å²) in [4.78, 5) is 37.4. The van der Waals surface area contributed by atoms with Crippen molar-refractivity contribution in [2.45, 2.75) is 45.4 Å². The Morgan fingerprint density at radius 3 is 2.52 bits per heavy atom. The van der Waals surface area contributed by atoms with Gasteiger partial charge in [-0.3, -0.25) is 14.9 Å². The Hall–Kier alpha value is -3.36. The monoisotopic (exact) mass is 430 g/mol. The van der Waals surface area contributed by atoms with Crippen molar-refractivity contribution in [3.05, 3.63) is 50.4 Å². The highest BCUT2D eigenvalue weighted by Crippen LogP contribution is 2.47. The summed E-state index contributed by atoms with van der Waals surface area (Å²) in [6.07, 6.45) is 2.23. The second kappa shape index (κ2) is 9.20. The quantitative estimate of drug-likeness (QED) is 0.397. The summed E-state index contributed by atoms with van der Waals surface area (Å²) in [6, 6.07) is 2.73. The first kappa shape index (κ1) is 22.3. The number of ether oxygens (including phenoxy) is 3. The van der Waals surface area contributed by atoms with E-state index >= 15 is 0 Å². The van der Waals surface area contributed by atoms with Crippen LogP contribution in [0.15, 0.2) is 34.7 Å². The molecule has 166 valence electrons. The van der Waals surface area contributed by atoms with Gasteiger partial charge >= 0.3 is 5.97 Å². The summed E-state index contributed by atoms with van der Waals surface area (Å²) in [6.45, 7) is 3.79. The van der Waals surface area contributed by atoms with Crippen LogP contribution in [0.3, 0.4) is 0 Å². The van der Waals surface area contributed by atoms with Gasteiger partial charge in [0.2, 0.25) is 0 Å². The van der Waals surface area contributed by atoms with Gasteiger partial charge in [0.25, 0.3) is 5.69 Å². The van der Waals surface area contributed by atoms with Gasteiger partial charge in [-0.15, -0.1) is 0 Å². The van der Waals surface area contributed by atoms with E-state index in [-0.39, 0.29) is 40.7 Å². The van der Waals surface area contributed by atoms with Crippen molar-refractivity contribution in [3.8, 4) is 11.5 Å². The molecule has 1 aliphatic heterocycles. The Labute approximate surface area is 180 Å². The van der Waals surface area contributed by atoms with Crippen LogP contribution in [0.5, 0.6) is 11.5 Å². The van der Waals surface area contributed by atoms with E-state index in [1.165, 1.54) is 26.4 Å². The summed E-state index contributed by atoms with van der Waals surface area (Å²) >= 11 is 0. The van der Waals surface area contributed by atoms with E-state index in [2.05, 4.69) is 5.32 Å². The molecule has 0 bridgehead atoms. The lowest BCUT2D eigenvalue weighted by molar-refractivity contribution is -0.385. The fraction of sp³-hybridized carbons (Fsp3) is 0.455. The molecule has 9 heteroatoms. The number of methoxy groups -OCH3 is 2. The molecule has 0 radical (unpaired) electrons. The van der Waals surface area contributed by atoms with Crippen LogP contribution < -0.4 is 14.8 Å². The van der Waals surface area contributed by atoms with Gasteiger partial charge in [-0.2, -0.15) is 0 Å². The number of hydrogen-bond acceptors (Lipinski definition) is 8. The van der Waals surface area contributed by atoms with Crippen LogP contribution in [0.4, 0.5) is 5.69 Å². The third-order valence-electron chi connectivity index (χ3n) is 5.47. The first-order chi connectivity index (χ1) is 14.8. The van der Waals surface area contributed by atoms with Gasteiger partial charge in [0.15, 0.2) is 17.3 Å². The summed E-state index contributed by atoms with van der Waals surface area (Å²) in [5.41, 5.74) is 1.70. The number of nitrogens with zero attached hydrogens (tertiary/aromatic N) is 1. The average molecular weight is 430 g/mol. The van der Waals surface area contributed by atoms with Crippen molar-refractivity contribution in [1.29, 1.82) is 0 Å². The largest absolute Gasteiger partial charge is 0.493 e. The highest BCUT2D eigenvalue weighted by Gasteiger charge is 2.42. The summed E-state index contributed by atoms with van der Waals surface area (Å²) in [7, 11) is 2.80. The third-order valence-corrected chi connectivity index (χ3v) is 5.47. The minimum absolute atomic E-state index is 0.142. The van der Waals surface area contributed by atoms with E-state index in [1.807, 2.05) is 6.92 Å². The van der Waals surface area contributed by atoms with E-state index < -0.39 is 16.8 Å². The standard InChI is InChI=1S/C22H26N2O7/c1-5-9-31-22(26)19-12(2)23-14-7-6-8-16(25)21(14)20(19)13-10-17(29-3)18(30-4)11-15(13)24(27)28/h10-11,20,23H,5-9H2,1-4H3. The number of carbonyl (C=O) groups excluding carboxylic acids is 2. The van der Waals surface area contributed by atoms with Gasteiger partial charge in [0.1, 0.15) is 0 Å². The highest BCUT2D eigenvalue weighted by atomic mass is 16.6. The summed E-state index contributed by atoms with van der Waals surface area (Å²) in [5.74, 6) is -1.23. The molecule has 0 aromatic heterocycles.